The third kappa shape index (κ3) is 5.22. The van der Waals surface area contributed by atoms with Crippen LogP contribution in [0.1, 0.15) is 23.1 Å². The molecule has 2 amide bonds. The minimum absolute atomic E-state index is 0.0277. The number of anilines is 1. The Hall–Kier alpha value is -2.78. The van der Waals surface area contributed by atoms with Gasteiger partial charge in [-0.25, -0.2) is 17.5 Å². The molecule has 1 fully saturated rings. The summed E-state index contributed by atoms with van der Waals surface area (Å²) in [5.41, 5.74) is 2.39. The molecule has 2 N–H and O–H groups in total. The maximum atomic E-state index is 14.2. The SMILES string of the molecule is CNS(=O)(=O)Cc1ccc(CNC(=O)C2CC(=O)N(c3ccc(C)cc3F)C2)cc1. The van der Waals surface area contributed by atoms with Crippen molar-refractivity contribution in [1.29, 1.82) is 0 Å². The first kappa shape index (κ1) is 21.9. The van der Waals surface area contributed by atoms with Crippen LogP contribution in [0.2, 0.25) is 0 Å². The number of sulfonamides is 1. The molecular weight excluding hydrogens is 409 g/mol. The smallest absolute Gasteiger partial charge is 0.227 e. The Morgan fingerprint density at radius 1 is 1.17 bits per heavy atom. The summed E-state index contributed by atoms with van der Waals surface area (Å²) < 4.78 is 39.6. The van der Waals surface area contributed by atoms with Gasteiger partial charge in [0.25, 0.3) is 0 Å². The average molecular weight is 434 g/mol. The van der Waals surface area contributed by atoms with E-state index in [1.54, 1.807) is 43.3 Å². The zero-order chi connectivity index (χ0) is 21.9. The second kappa shape index (κ2) is 8.93. The molecule has 9 heteroatoms. The summed E-state index contributed by atoms with van der Waals surface area (Å²) in [6, 6.07) is 11.5. The van der Waals surface area contributed by atoms with Crippen molar-refractivity contribution < 1.29 is 22.4 Å². The average Bonchev–Trinajstić information content (AvgIpc) is 3.08. The number of amides is 2. The van der Waals surface area contributed by atoms with Crippen LogP contribution in [0, 0.1) is 18.7 Å². The minimum atomic E-state index is -3.34. The molecule has 0 aromatic heterocycles. The van der Waals surface area contributed by atoms with Gasteiger partial charge in [-0.3, -0.25) is 9.59 Å². The molecule has 7 nitrogen and oxygen atoms in total. The predicted octanol–water partition coefficient (Wildman–Crippen LogP) is 1.85. The summed E-state index contributed by atoms with van der Waals surface area (Å²) in [7, 11) is -1.98. The van der Waals surface area contributed by atoms with E-state index < -0.39 is 21.8 Å². The fraction of sp³-hybridized carbons (Fsp3) is 0.333. The Bertz CT molecular complexity index is 1050. The van der Waals surface area contributed by atoms with E-state index in [0.717, 1.165) is 11.1 Å². The van der Waals surface area contributed by atoms with Gasteiger partial charge in [-0.2, -0.15) is 0 Å². The molecule has 1 heterocycles. The van der Waals surface area contributed by atoms with Gasteiger partial charge in [0, 0.05) is 19.5 Å². The Morgan fingerprint density at radius 3 is 2.47 bits per heavy atom. The van der Waals surface area contributed by atoms with E-state index in [2.05, 4.69) is 10.0 Å². The summed E-state index contributed by atoms with van der Waals surface area (Å²) in [5.74, 6) is -1.72. The normalized spacial score (nSPS) is 16.7. The largest absolute Gasteiger partial charge is 0.352 e. The lowest BCUT2D eigenvalue weighted by Gasteiger charge is -2.18. The standard InChI is InChI=1S/C21H24FN3O4S/c1-14-3-8-19(18(22)9-14)25-12-17(10-20(25)26)21(27)24-11-15-4-6-16(7-5-15)13-30(28,29)23-2/h3-9,17,23H,10-13H2,1-2H3,(H,24,27). The van der Waals surface area contributed by atoms with E-state index >= 15 is 0 Å². The highest BCUT2D eigenvalue weighted by Crippen LogP contribution is 2.28. The zero-order valence-electron chi connectivity index (χ0n) is 16.8. The van der Waals surface area contributed by atoms with Gasteiger partial charge < -0.3 is 10.2 Å². The lowest BCUT2D eigenvalue weighted by Crippen LogP contribution is -2.32. The Balaban J connectivity index is 1.57. The molecule has 0 radical (unpaired) electrons. The van der Waals surface area contributed by atoms with Crippen LogP contribution in [-0.2, 0) is 31.9 Å². The van der Waals surface area contributed by atoms with Crippen molar-refractivity contribution in [2.75, 3.05) is 18.5 Å². The van der Waals surface area contributed by atoms with Crippen LogP contribution in [0.15, 0.2) is 42.5 Å². The fourth-order valence-corrected chi connectivity index (χ4v) is 4.10. The van der Waals surface area contributed by atoms with Crippen molar-refractivity contribution >= 4 is 27.5 Å². The van der Waals surface area contributed by atoms with Crippen LogP contribution < -0.4 is 14.9 Å². The lowest BCUT2D eigenvalue weighted by atomic mass is 10.1. The highest BCUT2D eigenvalue weighted by Gasteiger charge is 2.36. The van der Waals surface area contributed by atoms with Gasteiger partial charge in [0.05, 0.1) is 17.4 Å². The molecule has 2 aromatic rings. The predicted molar refractivity (Wildman–Crippen MR) is 112 cm³/mol. The van der Waals surface area contributed by atoms with E-state index in [4.69, 9.17) is 0 Å². The summed E-state index contributed by atoms with van der Waals surface area (Å²) >= 11 is 0. The molecule has 1 unspecified atom stereocenters. The summed E-state index contributed by atoms with van der Waals surface area (Å²) in [6.45, 7) is 2.15. The van der Waals surface area contributed by atoms with Crippen LogP contribution in [0.3, 0.4) is 0 Å². The maximum absolute atomic E-state index is 14.2. The fourth-order valence-electron chi connectivity index (χ4n) is 3.33. The third-order valence-corrected chi connectivity index (χ3v) is 6.38. The van der Waals surface area contributed by atoms with Crippen molar-refractivity contribution in [3.05, 3.63) is 65.0 Å². The van der Waals surface area contributed by atoms with Crippen LogP contribution in [0.5, 0.6) is 0 Å². The van der Waals surface area contributed by atoms with E-state index in [-0.39, 0.29) is 42.8 Å². The summed E-state index contributed by atoms with van der Waals surface area (Å²) in [6.07, 6.45) is 0.0277. The van der Waals surface area contributed by atoms with Gasteiger partial charge in [-0.15, -0.1) is 0 Å². The number of carbonyl (C=O) groups excluding carboxylic acids is 2. The van der Waals surface area contributed by atoms with Gasteiger partial charge in [0.2, 0.25) is 21.8 Å². The zero-order valence-corrected chi connectivity index (χ0v) is 17.6. The van der Waals surface area contributed by atoms with Crippen LogP contribution in [0.25, 0.3) is 0 Å². The van der Waals surface area contributed by atoms with Crippen molar-refractivity contribution in [3.63, 3.8) is 0 Å². The highest BCUT2D eigenvalue weighted by atomic mass is 32.2. The number of hydrogen-bond donors (Lipinski definition) is 2. The first-order valence-electron chi connectivity index (χ1n) is 9.52. The lowest BCUT2D eigenvalue weighted by molar-refractivity contribution is -0.126. The molecule has 1 atom stereocenters. The van der Waals surface area contributed by atoms with Crippen molar-refractivity contribution in [1.82, 2.24) is 10.0 Å². The Labute approximate surface area is 175 Å². The van der Waals surface area contributed by atoms with Gasteiger partial charge >= 0.3 is 0 Å². The van der Waals surface area contributed by atoms with Crippen LogP contribution in [0.4, 0.5) is 10.1 Å². The topological polar surface area (TPSA) is 95.6 Å². The monoisotopic (exact) mass is 433 g/mol. The second-order valence-electron chi connectivity index (χ2n) is 7.36. The maximum Gasteiger partial charge on any atom is 0.227 e. The summed E-state index contributed by atoms with van der Waals surface area (Å²) in [4.78, 5) is 26.1. The molecule has 1 saturated heterocycles. The molecule has 1 aliphatic rings. The van der Waals surface area contributed by atoms with E-state index in [1.807, 2.05) is 0 Å². The van der Waals surface area contributed by atoms with E-state index in [1.165, 1.54) is 18.0 Å². The molecule has 0 bridgehead atoms. The van der Waals surface area contributed by atoms with E-state index in [9.17, 15) is 22.4 Å². The quantitative estimate of drug-likeness (QED) is 0.697. The van der Waals surface area contributed by atoms with Crippen molar-refractivity contribution in [2.45, 2.75) is 25.6 Å². The van der Waals surface area contributed by atoms with Crippen molar-refractivity contribution in [2.24, 2.45) is 5.92 Å². The molecule has 30 heavy (non-hydrogen) atoms. The van der Waals surface area contributed by atoms with E-state index in [0.29, 0.717) is 5.56 Å². The van der Waals surface area contributed by atoms with Gasteiger partial charge in [0.1, 0.15) is 5.82 Å². The van der Waals surface area contributed by atoms with Crippen LogP contribution in [-0.4, -0.2) is 33.8 Å². The molecule has 0 spiro atoms. The van der Waals surface area contributed by atoms with Gasteiger partial charge in [0.15, 0.2) is 0 Å². The number of aryl methyl sites for hydroxylation is 1. The molecule has 2 aromatic carbocycles. The molecular formula is C21H24FN3O4S. The van der Waals surface area contributed by atoms with Gasteiger partial charge in [-0.05, 0) is 42.8 Å². The molecule has 0 aliphatic carbocycles. The Morgan fingerprint density at radius 2 is 1.83 bits per heavy atom. The number of halogens is 1. The number of benzene rings is 2. The number of nitrogens with zero attached hydrogens (tertiary/aromatic N) is 1. The summed E-state index contributed by atoms with van der Waals surface area (Å²) in [5, 5.41) is 2.79. The molecule has 160 valence electrons. The Kier molecular flexibility index (Phi) is 6.52. The number of rotatable bonds is 7. The minimum Gasteiger partial charge on any atom is -0.352 e. The second-order valence-corrected chi connectivity index (χ2v) is 9.28. The number of nitrogens with one attached hydrogen (secondary N) is 2. The number of hydrogen-bond acceptors (Lipinski definition) is 4. The number of carbonyl (C=O) groups is 2. The molecule has 0 saturated carbocycles. The third-order valence-electron chi connectivity index (χ3n) is 5.05. The van der Waals surface area contributed by atoms with Crippen LogP contribution >= 0.6 is 0 Å². The molecule has 1 aliphatic heterocycles. The van der Waals surface area contributed by atoms with Gasteiger partial charge in [-0.1, -0.05) is 30.3 Å². The first-order chi connectivity index (χ1) is 14.2. The highest BCUT2D eigenvalue weighted by molar-refractivity contribution is 7.88. The van der Waals surface area contributed by atoms with Crippen molar-refractivity contribution in [3.8, 4) is 0 Å². The molecule has 3 rings (SSSR count). The first-order valence-corrected chi connectivity index (χ1v) is 11.2.